The van der Waals surface area contributed by atoms with Crippen LogP contribution in [0.15, 0.2) is 20.1 Å². The fraction of sp³-hybridized carbons (Fsp3) is 0.286. The fourth-order valence-corrected chi connectivity index (χ4v) is 4.84. The van der Waals surface area contributed by atoms with E-state index in [9.17, 15) is 8.42 Å². The number of nitrogens with zero attached hydrogens (tertiary/aromatic N) is 1. The van der Waals surface area contributed by atoms with Crippen LogP contribution in [0.5, 0.6) is 0 Å². The molecule has 1 rings (SSSR count). The van der Waals surface area contributed by atoms with Gasteiger partial charge in [-0.05, 0) is 27.4 Å². The van der Waals surface area contributed by atoms with Crippen LogP contribution in [-0.4, -0.2) is 31.3 Å². The van der Waals surface area contributed by atoms with E-state index in [0.717, 1.165) is 15.6 Å². The van der Waals surface area contributed by atoms with E-state index in [2.05, 4.69) is 28.1 Å². The summed E-state index contributed by atoms with van der Waals surface area (Å²) in [5, 5.41) is 1.70. The van der Waals surface area contributed by atoms with E-state index < -0.39 is 10.0 Å². The van der Waals surface area contributed by atoms with Gasteiger partial charge in [0.2, 0.25) is 0 Å². The van der Waals surface area contributed by atoms with Crippen molar-refractivity contribution in [3.05, 3.63) is 15.9 Å². The molecule has 0 amide bonds. The maximum Gasteiger partial charge on any atom is 0.253 e. The number of sulfonamides is 1. The molecular formula is C7H9BrN2O2S3. The first kappa shape index (κ1) is 13.0. The summed E-state index contributed by atoms with van der Waals surface area (Å²) in [6.45, 7) is 0.0437. The van der Waals surface area contributed by atoms with Gasteiger partial charge in [-0.15, -0.1) is 11.3 Å². The molecule has 0 aliphatic carbocycles. The molecule has 0 saturated carbocycles. The first-order valence-electron chi connectivity index (χ1n) is 3.83. The zero-order chi connectivity index (χ0) is 11.6. The third kappa shape index (κ3) is 2.97. The molecule has 1 aromatic heterocycles. The van der Waals surface area contributed by atoms with Gasteiger partial charge in [-0.1, -0.05) is 12.2 Å². The number of hydrogen-bond acceptors (Lipinski definition) is 4. The summed E-state index contributed by atoms with van der Waals surface area (Å²) in [5.74, 6) is 0. The third-order valence-corrected chi connectivity index (χ3v) is 6.19. The van der Waals surface area contributed by atoms with Crippen molar-refractivity contribution in [2.75, 3.05) is 13.6 Å². The molecule has 0 bridgehead atoms. The van der Waals surface area contributed by atoms with E-state index in [0.29, 0.717) is 4.47 Å². The Labute approximate surface area is 106 Å². The molecule has 0 saturated heterocycles. The van der Waals surface area contributed by atoms with Gasteiger partial charge in [0.15, 0.2) is 0 Å². The zero-order valence-electron chi connectivity index (χ0n) is 7.81. The molecule has 4 nitrogen and oxygen atoms in total. The van der Waals surface area contributed by atoms with Crippen molar-refractivity contribution < 1.29 is 8.42 Å². The standard InChI is InChI=1S/C7H9BrN2O2S3/c1-10(4-6(9)13)15(11,12)7-5(8)2-3-14-7/h2-3H,4H2,1H3,(H2,9,13). The Morgan fingerprint density at radius 3 is 2.73 bits per heavy atom. The molecule has 8 heteroatoms. The number of thiophene rings is 1. The van der Waals surface area contributed by atoms with Crippen LogP contribution in [0.4, 0.5) is 0 Å². The average molecular weight is 329 g/mol. The number of halogens is 1. The third-order valence-electron chi connectivity index (χ3n) is 1.61. The molecule has 1 aromatic rings. The van der Waals surface area contributed by atoms with Gasteiger partial charge in [0.1, 0.15) is 4.21 Å². The minimum Gasteiger partial charge on any atom is -0.392 e. The number of thiocarbonyl (C=S) groups is 1. The highest BCUT2D eigenvalue weighted by Gasteiger charge is 2.24. The van der Waals surface area contributed by atoms with Crippen molar-refractivity contribution in [1.82, 2.24) is 4.31 Å². The summed E-state index contributed by atoms with van der Waals surface area (Å²) >= 11 is 8.99. The highest BCUT2D eigenvalue weighted by Crippen LogP contribution is 2.29. The monoisotopic (exact) mass is 328 g/mol. The topological polar surface area (TPSA) is 63.4 Å². The largest absolute Gasteiger partial charge is 0.392 e. The quantitative estimate of drug-likeness (QED) is 0.849. The summed E-state index contributed by atoms with van der Waals surface area (Å²) in [6, 6.07) is 1.69. The van der Waals surface area contributed by atoms with Crippen LogP contribution in [0.2, 0.25) is 0 Å². The highest BCUT2D eigenvalue weighted by atomic mass is 79.9. The van der Waals surface area contributed by atoms with Crippen molar-refractivity contribution in [2.45, 2.75) is 4.21 Å². The predicted octanol–water partition coefficient (Wildman–Crippen LogP) is 1.42. The maximum absolute atomic E-state index is 11.9. The van der Waals surface area contributed by atoms with Crippen LogP contribution in [0.1, 0.15) is 0 Å². The van der Waals surface area contributed by atoms with E-state index in [-0.39, 0.29) is 15.7 Å². The zero-order valence-corrected chi connectivity index (χ0v) is 11.8. The van der Waals surface area contributed by atoms with Crippen LogP contribution in [-0.2, 0) is 10.0 Å². The van der Waals surface area contributed by atoms with Crippen LogP contribution >= 0.6 is 39.5 Å². The smallest absolute Gasteiger partial charge is 0.253 e. The van der Waals surface area contributed by atoms with E-state index in [1.54, 1.807) is 11.4 Å². The Morgan fingerprint density at radius 1 is 1.73 bits per heavy atom. The lowest BCUT2D eigenvalue weighted by molar-refractivity contribution is 0.508. The van der Waals surface area contributed by atoms with Crippen molar-refractivity contribution in [2.24, 2.45) is 5.73 Å². The molecule has 0 radical (unpaired) electrons. The predicted molar refractivity (Wildman–Crippen MR) is 68.6 cm³/mol. The van der Waals surface area contributed by atoms with Gasteiger partial charge in [-0.25, -0.2) is 8.42 Å². The second-order valence-corrected chi connectivity index (χ2v) is 7.32. The maximum atomic E-state index is 11.9. The molecule has 84 valence electrons. The van der Waals surface area contributed by atoms with Gasteiger partial charge in [0.05, 0.1) is 11.5 Å². The van der Waals surface area contributed by atoms with Gasteiger partial charge in [-0.2, -0.15) is 4.31 Å². The summed E-state index contributed by atoms with van der Waals surface area (Å²) in [5.41, 5.74) is 5.30. The van der Waals surface area contributed by atoms with Gasteiger partial charge >= 0.3 is 0 Å². The number of likely N-dealkylation sites (N-methyl/N-ethyl adjacent to an activating group) is 1. The Balaban J connectivity index is 3.04. The van der Waals surface area contributed by atoms with E-state index in [4.69, 9.17) is 5.73 Å². The molecule has 1 heterocycles. The summed E-state index contributed by atoms with van der Waals surface area (Å²) in [6.07, 6.45) is 0. The normalized spacial score (nSPS) is 11.9. The second kappa shape index (κ2) is 4.88. The Bertz CT molecular complexity index is 468. The summed E-state index contributed by atoms with van der Waals surface area (Å²) in [4.78, 5) is 0.147. The highest BCUT2D eigenvalue weighted by molar-refractivity contribution is 9.10. The number of nitrogens with two attached hydrogens (primary N) is 1. The van der Waals surface area contributed by atoms with Crippen molar-refractivity contribution in [3.63, 3.8) is 0 Å². The van der Waals surface area contributed by atoms with Gasteiger partial charge < -0.3 is 5.73 Å². The molecule has 0 aromatic carbocycles. The number of rotatable bonds is 4. The lowest BCUT2D eigenvalue weighted by atomic mass is 10.7. The van der Waals surface area contributed by atoms with E-state index >= 15 is 0 Å². The average Bonchev–Trinajstić information content (AvgIpc) is 2.50. The lowest BCUT2D eigenvalue weighted by Crippen LogP contribution is -2.34. The minimum atomic E-state index is -3.48. The molecule has 0 spiro atoms. The Morgan fingerprint density at radius 2 is 2.33 bits per heavy atom. The minimum absolute atomic E-state index is 0.0437. The SMILES string of the molecule is CN(CC(N)=S)S(=O)(=O)c1sccc1Br. The van der Waals surface area contributed by atoms with E-state index in [1.807, 2.05) is 0 Å². The van der Waals surface area contributed by atoms with Gasteiger partial charge in [0.25, 0.3) is 10.0 Å². The molecule has 0 atom stereocenters. The first-order valence-corrected chi connectivity index (χ1v) is 7.35. The van der Waals surface area contributed by atoms with Gasteiger partial charge in [-0.3, -0.25) is 0 Å². The van der Waals surface area contributed by atoms with Crippen LogP contribution in [0, 0.1) is 0 Å². The Kier molecular flexibility index (Phi) is 4.24. The summed E-state index contributed by atoms with van der Waals surface area (Å²) in [7, 11) is -2.04. The van der Waals surface area contributed by atoms with Crippen LogP contribution in [0.25, 0.3) is 0 Å². The van der Waals surface area contributed by atoms with E-state index in [1.165, 1.54) is 7.05 Å². The van der Waals surface area contributed by atoms with Gasteiger partial charge in [0, 0.05) is 11.5 Å². The first-order chi connectivity index (χ1) is 6.85. The molecule has 0 unspecified atom stereocenters. The summed E-state index contributed by atoms with van der Waals surface area (Å²) < 4.78 is 25.8. The molecule has 15 heavy (non-hydrogen) atoms. The fourth-order valence-electron chi connectivity index (χ4n) is 0.910. The lowest BCUT2D eigenvalue weighted by Gasteiger charge is -2.15. The number of hydrogen-bond donors (Lipinski definition) is 1. The van der Waals surface area contributed by atoms with Crippen molar-refractivity contribution in [3.8, 4) is 0 Å². The van der Waals surface area contributed by atoms with Crippen molar-refractivity contribution >= 4 is 54.5 Å². The molecular weight excluding hydrogens is 320 g/mol. The van der Waals surface area contributed by atoms with Crippen LogP contribution < -0.4 is 5.73 Å². The van der Waals surface area contributed by atoms with Crippen LogP contribution in [0.3, 0.4) is 0 Å². The molecule has 0 aliphatic heterocycles. The Hall–Kier alpha value is -0.0200. The molecule has 0 fully saturated rings. The molecule has 2 N–H and O–H groups in total. The van der Waals surface area contributed by atoms with Crippen molar-refractivity contribution in [1.29, 1.82) is 0 Å². The second-order valence-electron chi connectivity index (χ2n) is 2.78. The molecule has 0 aliphatic rings.